The van der Waals surface area contributed by atoms with Gasteiger partial charge in [-0.25, -0.2) is 12.7 Å². The SMILES string of the molecule is COc1ccc([C@@H](CC(C)C)NC(=O)[C@@H]2CCCN(S(=O)(=O)Cc3ccc(Cl)c(Cl)c3)C2)cc1. The van der Waals surface area contributed by atoms with E-state index in [-0.39, 0.29) is 24.2 Å². The second-order valence-corrected chi connectivity index (χ2v) is 11.9. The van der Waals surface area contributed by atoms with Crippen LogP contribution in [-0.2, 0) is 20.6 Å². The second-order valence-electron chi connectivity index (χ2n) is 9.17. The molecule has 6 nitrogen and oxygen atoms in total. The van der Waals surface area contributed by atoms with Crippen LogP contribution < -0.4 is 10.1 Å². The Morgan fingerprint density at radius 1 is 1.15 bits per heavy atom. The first-order chi connectivity index (χ1) is 16.1. The highest BCUT2D eigenvalue weighted by atomic mass is 35.5. The minimum Gasteiger partial charge on any atom is -0.497 e. The van der Waals surface area contributed by atoms with Gasteiger partial charge in [0.05, 0.1) is 34.9 Å². The van der Waals surface area contributed by atoms with E-state index >= 15 is 0 Å². The molecular formula is C25H32Cl2N2O4S. The van der Waals surface area contributed by atoms with Crippen molar-refractivity contribution in [2.75, 3.05) is 20.2 Å². The number of sulfonamides is 1. The van der Waals surface area contributed by atoms with Crippen molar-refractivity contribution >= 4 is 39.1 Å². The maximum Gasteiger partial charge on any atom is 0.224 e. The summed E-state index contributed by atoms with van der Waals surface area (Å²) >= 11 is 12.0. The van der Waals surface area contributed by atoms with Crippen LogP contribution in [0, 0.1) is 11.8 Å². The molecule has 1 amide bonds. The first-order valence-corrected chi connectivity index (χ1v) is 13.8. The summed E-state index contributed by atoms with van der Waals surface area (Å²) in [7, 11) is -1.98. The quantitative estimate of drug-likeness (QED) is 0.471. The second kappa shape index (κ2) is 11.8. The van der Waals surface area contributed by atoms with Crippen molar-refractivity contribution in [3.63, 3.8) is 0 Å². The van der Waals surface area contributed by atoms with E-state index in [1.54, 1.807) is 25.3 Å². The number of rotatable bonds is 9. The van der Waals surface area contributed by atoms with Crippen molar-refractivity contribution in [2.24, 2.45) is 11.8 Å². The number of benzene rings is 2. The molecule has 0 aliphatic carbocycles. The van der Waals surface area contributed by atoms with Gasteiger partial charge in [0.2, 0.25) is 15.9 Å². The third-order valence-electron chi connectivity index (χ3n) is 6.02. The fraction of sp³-hybridized carbons (Fsp3) is 0.480. The highest BCUT2D eigenvalue weighted by Crippen LogP contribution is 2.28. The first-order valence-electron chi connectivity index (χ1n) is 11.4. The Balaban J connectivity index is 1.69. The normalized spacial score (nSPS) is 18.0. The van der Waals surface area contributed by atoms with Gasteiger partial charge in [-0.05, 0) is 60.6 Å². The largest absolute Gasteiger partial charge is 0.497 e. The van der Waals surface area contributed by atoms with Gasteiger partial charge in [0, 0.05) is 13.1 Å². The molecule has 2 aromatic rings. The summed E-state index contributed by atoms with van der Waals surface area (Å²) in [4.78, 5) is 13.2. The fourth-order valence-electron chi connectivity index (χ4n) is 4.22. The number of piperidine rings is 1. The minimum atomic E-state index is -3.60. The van der Waals surface area contributed by atoms with E-state index < -0.39 is 15.9 Å². The van der Waals surface area contributed by atoms with Gasteiger partial charge in [-0.15, -0.1) is 0 Å². The van der Waals surface area contributed by atoms with E-state index in [4.69, 9.17) is 27.9 Å². The molecule has 1 N–H and O–H groups in total. The molecule has 0 aromatic heterocycles. The van der Waals surface area contributed by atoms with Crippen LogP contribution in [0.5, 0.6) is 5.75 Å². The first kappa shape index (κ1) is 26.8. The number of methoxy groups -OCH3 is 1. The van der Waals surface area contributed by atoms with Crippen LogP contribution >= 0.6 is 23.2 Å². The van der Waals surface area contributed by atoms with Crippen molar-refractivity contribution in [1.82, 2.24) is 9.62 Å². The maximum absolute atomic E-state index is 13.2. The number of carbonyl (C=O) groups is 1. The molecule has 0 radical (unpaired) electrons. The molecule has 1 fully saturated rings. The van der Waals surface area contributed by atoms with E-state index in [1.807, 2.05) is 24.3 Å². The van der Waals surface area contributed by atoms with Crippen molar-refractivity contribution in [3.8, 4) is 5.75 Å². The smallest absolute Gasteiger partial charge is 0.224 e. The molecule has 34 heavy (non-hydrogen) atoms. The van der Waals surface area contributed by atoms with Gasteiger partial charge in [-0.1, -0.05) is 55.2 Å². The van der Waals surface area contributed by atoms with Crippen molar-refractivity contribution < 1.29 is 17.9 Å². The number of amides is 1. The standard InChI is InChI=1S/C25H32Cl2N2O4S/c1-17(2)13-24(19-7-9-21(33-3)10-8-19)28-25(30)20-5-4-12-29(15-20)34(31,32)16-18-6-11-22(26)23(27)14-18/h6-11,14,17,20,24H,4-5,12-13,15-16H2,1-3H3,(H,28,30)/t20-,24-/m1/s1. The summed E-state index contributed by atoms with van der Waals surface area (Å²) in [6.07, 6.45) is 2.07. The fourth-order valence-corrected chi connectivity index (χ4v) is 6.13. The van der Waals surface area contributed by atoms with Gasteiger partial charge in [0.15, 0.2) is 0 Å². The van der Waals surface area contributed by atoms with Gasteiger partial charge in [-0.3, -0.25) is 4.79 Å². The van der Waals surface area contributed by atoms with E-state index in [0.717, 1.165) is 17.7 Å². The summed E-state index contributed by atoms with van der Waals surface area (Å²) in [5, 5.41) is 3.87. The number of ether oxygens (including phenoxy) is 1. The lowest BCUT2D eigenvalue weighted by atomic mass is 9.94. The van der Waals surface area contributed by atoms with Crippen LogP contribution in [0.4, 0.5) is 0 Å². The topological polar surface area (TPSA) is 75.7 Å². The Morgan fingerprint density at radius 3 is 2.47 bits per heavy atom. The maximum atomic E-state index is 13.2. The van der Waals surface area contributed by atoms with Crippen LogP contribution in [0.2, 0.25) is 10.0 Å². The number of carbonyl (C=O) groups excluding carboxylic acids is 1. The van der Waals surface area contributed by atoms with E-state index in [2.05, 4.69) is 19.2 Å². The number of halogens is 2. The van der Waals surface area contributed by atoms with Gasteiger partial charge in [-0.2, -0.15) is 0 Å². The zero-order valence-electron chi connectivity index (χ0n) is 19.8. The van der Waals surface area contributed by atoms with Crippen molar-refractivity contribution in [3.05, 3.63) is 63.6 Å². The predicted molar refractivity (Wildman–Crippen MR) is 137 cm³/mol. The van der Waals surface area contributed by atoms with E-state index in [1.165, 1.54) is 4.31 Å². The molecule has 0 spiro atoms. The molecule has 1 aliphatic rings. The average molecular weight is 528 g/mol. The third kappa shape index (κ3) is 7.11. The predicted octanol–water partition coefficient (Wildman–Crippen LogP) is 5.45. The molecule has 2 atom stereocenters. The molecule has 186 valence electrons. The van der Waals surface area contributed by atoms with E-state index in [9.17, 15) is 13.2 Å². The number of hydrogen-bond donors (Lipinski definition) is 1. The van der Waals surface area contributed by atoms with Crippen LogP contribution in [-0.4, -0.2) is 38.8 Å². The summed E-state index contributed by atoms with van der Waals surface area (Å²) in [6.45, 7) is 4.80. The Kier molecular flexibility index (Phi) is 9.27. The molecule has 1 saturated heterocycles. The van der Waals surface area contributed by atoms with Crippen LogP contribution in [0.3, 0.4) is 0 Å². The van der Waals surface area contributed by atoms with Crippen molar-refractivity contribution in [2.45, 2.75) is 44.9 Å². The van der Waals surface area contributed by atoms with Gasteiger partial charge in [0.25, 0.3) is 0 Å². The lowest BCUT2D eigenvalue weighted by molar-refractivity contribution is -0.127. The van der Waals surface area contributed by atoms with E-state index in [0.29, 0.717) is 40.9 Å². The molecule has 2 aromatic carbocycles. The summed E-state index contributed by atoms with van der Waals surface area (Å²) in [5.74, 6) is 0.441. The minimum absolute atomic E-state index is 0.115. The van der Waals surface area contributed by atoms with Crippen molar-refractivity contribution in [1.29, 1.82) is 0 Å². The Labute approximate surface area is 212 Å². The van der Waals surface area contributed by atoms with Crippen LogP contribution in [0.1, 0.15) is 50.3 Å². The third-order valence-corrected chi connectivity index (χ3v) is 8.58. The Hall–Kier alpha value is -1.80. The van der Waals surface area contributed by atoms with Gasteiger partial charge < -0.3 is 10.1 Å². The average Bonchev–Trinajstić information content (AvgIpc) is 2.80. The number of nitrogens with one attached hydrogen (secondary N) is 1. The lowest BCUT2D eigenvalue weighted by Gasteiger charge is -2.32. The highest BCUT2D eigenvalue weighted by molar-refractivity contribution is 7.88. The van der Waals surface area contributed by atoms with Gasteiger partial charge >= 0.3 is 0 Å². The Bertz CT molecular complexity index is 1090. The zero-order chi connectivity index (χ0) is 24.9. The van der Waals surface area contributed by atoms with Crippen LogP contribution in [0.25, 0.3) is 0 Å². The molecule has 3 rings (SSSR count). The van der Waals surface area contributed by atoms with Gasteiger partial charge in [0.1, 0.15) is 5.75 Å². The van der Waals surface area contributed by atoms with Crippen LogP contribution in [0.15, 0.2) is 42.5 Å². The molecule has 0 saturated carbocycles. The zero-order valence-corrected chi connectivity index (χ0v) is 22.1. The monoisotopic (exact) mass is 526 g/mol. The molecular weight excluding hydrogens is 495 g/mol. The Morgan fingerprint density at radius 2 is 1.85 bits per heavy atom. The summed E-state index contributed by atoms with van der Waals surface area (Å²) < 4.78 is 32.8. The summed E-state index contributed by atoms with van der Waals surface area (Å²) in [5.41, 5.74) is 1.57. The highest BCUT2D eigenvalue weighted by Gasteiger charge is 2.33. The molecule has 0 bridgehead atoms. The molecule has 1 aliphatic heterocycles. The molecule has 9 heteroatoms. The molecule has 1 heterocycles. The number of hydrogen-bond acceptors (Lipinski definition) is 4. The molecule has 0 unspecified atom stereocenters. The number of nitrogens with zero attached hydrogens (tertiary/aromatic N) is 1. The summed E-state index contributed by atoms with van der Waals surface area (Å²) in [6, 6.07) is 12.4. The lowest BCUT2D eigenvalue weighted by Crippen LogP contribution is -2.46.